The van der Waals surface area contributed by atoms with E-state index in [1.54, 1.807) is 19.9 Å². The smallest absolute Gasteiger partial charge is 0.309 e. The monoisotopic (exact) mass is 546 g/mol. The van der Waals surface area contributed by atoms with E-state index < -0.39 is 17.8 Å². The van der Waals surface area contributed by atoms with Crippen LogP contribution in [0, 0.1) is 24.5 Å². The summed E-state index contributed by atoms with van der Waals surface area (Å²) in [4.78, 5) is 24.1. The first kappa shape index (κ1) is 28.9. The van der Waals surface area contributed by atoms with Gasteiger partial charge < -0.3 is 19.4 Å². The van der Waals surface area contributed by atoms with E-state index in [-0.39, 0.29) is 24.5 Å². The minimum atomic E-state index is -0.594. The van der Waals surface area contributed by atoms with Crippen LogP contribution in [0.1, 0.15) is 48.7 Å². The van der Waals surface area contributed by atoms with Crippen molar-refractivity contribution in [2.24, 2.45) is 5.92 Å². The van der Waals surface area contributed by atoms with Crippen molar-refractivity contribution >= 4 is 16.9 Å². The van der Waals surface area contributed by atoms with Crippen LogP contribution in [0.4, 0.5) is 13.2 Å². The number of benzene rings is 1. The average Bonchev–Trinajstić information content (AvgIpc) is 3.26. The van der Waals surface area contributed by atoms with Crippen molar-refractivity contribution in [1.82, 2.24) is 19.8 Å². The Bertz CT molecular complexity index is 1310. The molecule has 0 unspecified atom stereocenters. The second-order valence-corrected chi connectivity index (χ2v) is 10.4. The van der Waals surface area contributed by atoms with Crippen molar-refractivity contribution in [3.63, 3.8) is 0 Å². The van der Waals surface area contributed by atoms with E-state index >= 15 is 4.39 Å². The van der Waals surface area contributed by atoms with Crippen LogP contribution in [0.25, 0.3) is 10.9 Å². The van der Waals surface area contributed by atoms with Gasteiger partial charge in [-0.3, -0.25) is 14.1 Å². The largest absolute Gasteiger partial charge is 0.476 e. The van der Waals surface area contributed by atoms with E-state index in [0.717, 1.165) is 28.4 Å². The number of rotatable bonds is 11. The molecule has 0 aliphatic carbocycles. The summed E-state index contributed by atoms with van der Waals surface area (Å²) in [6.07, 6.45) is 2.21. The molecule has 7 nitrogen and oxygen atoms in total. The van der Waals surface area contributed by atoms with Crippen molar-refractivity contribution in [2.45, 2.75) is 45.7 Å². The third kappa shape index (κ3) is 6.06. The number of carbonyl (C=O) groups is 1. The van der Waals surface area contributed by atoms with E-state index in [1.807, 2.05) is 18.9 Å². The van der Waals surface area contributed by atoms with E-state index in [4.69, 9.17) is 9.47 Å². The fourth-order valence-electron chi connectivity index (χ4n) is 5.51. The number of hydrogen-bond acceptors (Lipinski definition) is 6. The summed E-state index contributed by atoms with van der Waals surface area (Å²) in [5.74, 6) is -1.32. The first-order valence-electron chi connectivity index (χ1n) is 13.3. The molecule has 0 bridgehead atoms. The summed E-state index contributed by atoms with van der Waals surface area (Å²) in [5.41, 5.74) is 3.39. The molecule has 3 heterocycles. The minimum Gasteiger partial charge on any atom is -0.476 e. The number of aromatic amines is 1. The highest BCUT2D eigenvalue weighted by atomic mass is 19.1. The van der Waals surface area contributed by atoms with Gasteiger partial charge in [-0.25, -0.2) is 13.8 Å². The summed E-state index contributed by atoms with van der Waals surface area (Å²) in [6, 6.07) is 3.91. The number of alkyl halides is 1. The van der Waals surface area contributed by atoms with Crippen molar-refractivity contribution in [1.29, 1.82) is 0 Å². The van der Waals surface area contributed by atoms with Gasteiger partial charge >= 0.3 is 5.97 Å². The fourth-order valence-corrected chi connectivity index (χ4v) is 5.51. The van der Waals surface area contributed by atoms with Crippen LogP contribution in [-0.2, 0) is 16.0 Å². The van der Waals surface area contributed by atoms with Gasteiger partial charge in [-0.15, -0.1) is 0 Å². The van der Waals surface area contributed by atoms with Crippen LogP contribution in [-0.4, -0.2) is 78.9 Å². The minimum absolute atomic E-state index is 0.0858. The standard InChI is InChI=1S/C29H37F3N4O3/c1-17(29(37)38-5)16-36-18(2)13-22-21-14-20(31)7-8-24(21)34-26(22)27(36)25-19(3)28(33-15-23(25)32)39-12-11-35(4)10-6-9-30/h7-8,14-15,17-18,27,34H,6,9-13,16H2,1-5H3/t17-,18-,27-/m1/s1. The Balaban J connectivity index is 1.76. The lowest BCUT2D eigenvalue weighted by Crippen LogP contribution is -2.46. The predicted octanol–water partition coefficient (Wildman–Crippen LogP) is 4.96. The second kappa shape index (κ2) is 12.4. The molecular weight excluding hydrogens is 509 g/mol. The topological polar surface area (TPSA) is 70.7 Å². The normalized spacial score (nSPS) is 18.4. The molecule has 3 atom stereocenters. The van der Waals surface area contributed by atoms with Crippen LogP contribution in [0.5, 0.6) is 5.88 Å². The number of aromatic nitrogens is 2. The summed E-state index contributed by atoms with van der Waals surface area (Å²) in [5, 5.41) is 0.766. The molecule has 10 heteroatoms. The van der Waals surface area contributed by atoms with E-state index in [9.17, 15) is 13.6 Å². The van der Waals surface area contributed by atoms with Gasteiger partial charge in [-0.05, 0) is 57.5 Å². The number of halogens is 3. The lowest BCUT2D eigenvalue weighted by atomic mass is 9.86. The molecule has 0 amide bonds. The number of ether oxygens (including phenoxy) is 2. The highest BCUT2D eigenvalue weighted by Crippen LogP contribution is 2.44. The highest BCUT2D eigenvalue weighted by molar-refractivity contribution is 5.85. The Morgan fingerprint density at radius 3 is 2.79 bits per heavy atom. The van der Waals surface area contributed by atoms with Crippen LogP contribution >= 0.6 is 0 Å². The number of esters is 1. The van der Waals surface area contributed by atoms with Gasteiger partial charge in [0.1, 0.15) is 18.2 Å². The van der Waals surface area contributed by atoms with Crippen molar-refractivity contribution < 1.29 is 27.4 Å². The lowest BCUT2D eigenvalue weighted by molar-refractivity contribution is -0.145. The maximum Gasteiger partial charge on any atom is 0.309 e. The van der Waals surface area contributed by atoms with Crippen molar-refractivity contribution in [3.05, 3.63) is 58.4 Å². The molecule has 0 fully saturated rings. The molecule has 39 heavy (non-hydrogen) atoms. The van der Waals surface area contributed by atoms with Gasteiger partial charge in [0.25, 0.3) is 0 Å². The number of nitrogens with zero attached hydrogens (tertiary/aromatic N) is 3. The third-order valence-electron chi connectivity index (χ3n) is 7.60. The van der Waals surface area contributed by atoms with Crippen LogP contribution < -0.4 is 4.74 Å². The lowest BCUT2D eigenvalue weighted by Gasteiger charge is -2.42. The quantitative estimate of drug-likeness (QED) is 0.343. The molecule has 1 aliphatic rings. The average molecular weight is 547 g/mol. The van der Waals surface area contributed by atoms with Gasteiger partial charge in [-0.2, -0.15) is 0 Å². The number of nitrogens with one attached hydrogen (secondary N) is 1. The predicted molar refractivity (Wildman–Crippen MR) is 144 cm³/mol. The number of fused-ring (bicyclic) bond motifs is 3. The summed E-state index contributed by atoms with van der Waals surface area (Å²) < 4.78 is 53.4. The highest BCUT2D eigenvalue weighted by Gasteiger charge is 2.40. The zero-order valence-corrected chi connectivity index (χ0v) is 23.2. The maximum atomic E-state index is 15.7. The molecule has 0 saturated carbocycles. The number of H-pyrrole nitrogens is 1. The van der Waals surface area contributed by atoms with E-state index in [1.165, 1.54) is 19.2 Å². The number of likely N-dealkylation sites (N-methyl/N-ethyl adjacent to an activating group) is 1. The molecule has 4 rings (SSSR count). The van der Waals surface area contributed by atoms with Gasteiger partial charge in [0.15, 0.2) is 0 Å². The summed E-state index contributed by atoms with van der Waals surface area (Å²) in [6.45, 7) is 7.03. The van der Waals surface area contributed by atoms with Crippen LogP contribution in [0.3, 0.4) is 0 Å². The fraction of sp³-hybridized carbons (Fsp3) is 0.517. The molecule has 1 aliphatic heterocycles. The second-order valence-electron chi connectivity index (χ2n) is 10.4. The maximum absolute atomic E-state index is 15.7. The molecule has 1 aromatic carbocycles. The van der Waals surface area contributed by atoms with Crippen molar-refractivity contribution in [3.8, 4) is 5.88 Å². The van der Waals surface area contributed by atoms with Crippen molar-refractivity contribution in [2.75, 3.05) is 47.1 Å². The molecule has 0 spiro atoms. The van der Waals surface area contributed by atoms with E-state index in [0.29, 0.717) is 56.1 Å². The van der Waals surface area contributed by atoms with E-state index in [2.05, 4.69) is 14.9 Å². The Labute approximate surface area is 227 Å². The zero-order valence-electron chi connectivity index (χ0n) is 23.2. The molecule has 1 N–H and O–H groups in total. The number of carbonyl (C=O) groups excluding carboxylic acids is 1. The molecule has 2 aromatic heterocycles. The molecule has 0 radical (unpaired) electrons. The molecule has 3 aromatic rings. The Kier molecular flexibility index (Phi) is 9.17. The van der Waals surface area contributed by atoms with Gasteiger partial charge in [-0.1, -0.05) is 6.92 Å². The van der Waals surface area contributed by atoms with Gasteiger partial charge in [0.2, 0.25) is 5.88 Å². The number of pyridine rings is 1. The molecular formula is C29H37F3N4O3. The Hall–Kier alpha value is -3.11. The first-order valence-corrected chi connectivity index (χ1v) is 13.3. The zero-order chi connectivity index (χ0) is 28.3. The molecule has 0 saturated heterocycles. The molecule has 212 valence electrons. The van der Waals surface area contributed by atoms with Gasteiger partial charge in [0.05, 0.1) is 31.9 Å². The van der Waals surface area contributed by atoms with Crippen LogP contribution in [0.15, 0.2) is 24.4 Å². The summed E-state index contributed by atoms with van der Waals surface area (Å²) >= 11 is 0. The Morgan fingerprint density at radius 2 is 2.08 bits per heavy atom. The third-order valence-corrected chi connectivity index (χ3v) is 7.60. The number of methoxy groups -OCH3 is 1. The first-order chi connectivity index (χ1) is 18.7. The summed E-state index contributed by atoms with van der Waals surface area (Å²) in [7, 11) is 3.24. The van der Waals surface area contributed by atoms with Crippen LogP contribution in [0.2, 0.25) is 0 Å². The SMILES string of the molecule is COC(=O)[C@H](C)CN1[C@H](c2c(F)cnc(OCCN(C)CCCF)c2C)c2[nH]c3ccc(F)cc3c2C[C@H]1C. The Morgan fingerprint density at radius 1 is 1.31 bits per heavy atom. The van der Waals surface area contributed by atoms with Gasteiger partial charge in [0, 0.05) is 53.4 Å². The number of hydrogen-bond donors (Lipinski definition) is 1.